The lowest BCUT2D eigenvalue weighted by atomic mass is 9.85. The Morgan fingerprint density at radius 1 is 1.10 bits per heavy atom. The van der Waals surface area contributed by atoms with Crippen molar-refractivity contribution in [1.82, 2.24) is 19.6 Å². The Bertz CT molecular complexity index is 947. The normalized spacial score (nSPS) is 30.0. The van der Waals surface area contributed by atoms with Gasteiger partial charge >= 0.3 is 0 Å². The second-order valence-electron chi connectivity index (χ2n) is 8.57. The molecule has 5 rings (SSSR count). The topological polar surface area (TPSA) is 96.9 Å². The van der Waals surface area contributed by atoms with Crippen LogP contribution < -0.4 is 0 Å². The van der Waals surface area contributed by atoms with Crippen LogP contribution >= 0.6 is 0 Å². The summed E-state index contributed by atoms with van der Waals surface area (Å²) in [5.74, 6) is 1.57. The molecule has 5 heterocycles. The number of fused-ring (bicyclic) bond motifs is 1. The van der Waals surface area contributed by atoms with Gasteiger partial charge in [-0.15, -0.1) is 0 Å². The zero-order valence-corrected chi connectivity index (χ0v) is 18.3. The molecule has 1 aromatic rings. The minimum atomic E-state index is -0.557. The average molecular weight is 428 g/mol. The fourth-order valence-corrected chi connectivity index (χ4v) is 4.66. The van der Waals surface area contributed by atoms with E-state index < -0.39 is 6.04 Å². The Morgan fingerprint density at radius 2 is 1.90 bits per heavy atom. The first kappa shape index (κ1) is 20.3. The van der Waals surface area contributed by atoms with Crippen molar-refractivity contribution in [3.8, 4) is 0 Å². The molecule has 4 aliphatic heterocycles. The highest BCUT2D eigenvalue weighted by Crippen LogP contribution is 2.30. The number of carbonyl (C=O) groups is 1. The number of aromatic nitrogens is 2. The van der Waals surface area contributed by atoms with Gasteiger partial charge in [0.15, 0.2) is 6.04 Å². The maximum Gasteiger partial charge on any atom is 0.255 e. The van der Waals surface area contributed by atoms with E-state index in [-0.39, 0.29) is 24.0 Å². The van der Waals surface area contributed by atoms with E-state index in [9.17, 15) is 4.79 Å². The molecule has 0 aliphatic carbocycles. The monoisotopic (exact) mass is 427 g/mol. The van der Waals surface area contributed by atoms with E-state index in [4.69, 9.17) is 24.5 Å². The minimum absolute atomic E-state index is 0.0217. The van der Waals surface area contributed by atoms with Crippen molar-refractivity contribution < 1.29 is 14.3 Å². The second-order valence-corrected chi connectivity index (χ2v) is 8.57. The maximum atomic E-state index is 13.1. The molecule has 3 atom stereocenters. The molecule has 10 nitrogen and oxygen atoms in total. The summed E-state index contributed by atoms with van der Waals surface area (Å²) in [5, 5.41) is 4.27. The number of hydrogen-bond donors (Lipinski definition) is 0. The van der Waals surface area contributed by atoms with Gasteiger partial charge in [-0.25, -0.2) is 9.98 Å². The van der Waals surface area contributed by atoms with E-state index in [0.29, 0.717) is 44.7 Å². The molecule has 10 heteroatoms. The standard InChI is InChI=1S/C21H29N7O3/c1-13-23-18-17(14-4-7-30-8-5-14)24-21(25-19(18)20(29)27(13)3)28-6-9-31-16(12-28)15-10-22-26(2)11-15/h10-11,14,16,18-19H,4-9,12H2,1-3H3/t16-,18?,19?/m1/s1. The van der Waals surface area contributed by atoms with E-state index in [1.54, 1.807) is 16.6 Å². The first-order valence-electron chi connectivity index (χ1n) is 10.9. The molecule has 0 spiro atoms. The molecule has 166 valence electrons. The molecule has 2 fully saturated rings. The largest absolute Gasteiger partial charge is 0.381 e. The van der Waals surface area contributed by atoms with Crippen LogP contribution in [0.25, 0.3) is 0 Å². The molecule has 2 unspecified atom stereocenters. The van der Waals surface area contributed by atoms with Crippen molar-refractivity contribution in [2.75, 3.05) is 40.0 Å². The molecule has 1 amide bonds. The van der Waals surface area contributed by atoms with Gasteiger partial charge in [-0.2, -0.15) is 5.10 Å². The van der Waals surface area contributed by atoms with Crippen LogP contribution in [0.3, 0.4) is 0 Å². The Labute approximate surface area is 181 Å². The van der Waals surface area contributed by atoms with E-state index in [1.807, 2.05) is 26.4 Å². The van der Waals surface area contributed by atoms with E-state index in [0.717, 1.165) is 24.1 Å². The Kier molecular flexibility index (Phi) is 5.35. The van der Waals surface area contributed by atoms with Crippen LogP contribution in [0.15, 0.2) is 27.4 Å². The van der Waals surface area contributed by atoms with Gasteiger partial charge < -0.3 is 19.3 Å². The molecular formula is C21H29N7O3. The van der Waals surface area contributed by atoms with Crippen molar-refractivity contribution in [3.05, 3.63) is 18.0 Å². The second kappa shape index (κ2) is 8.16. The molecule has 2 saturated heterocycles. The Morgan fingerprint density at radius 3 is 2.65 bits per heavy atom. The summed E-state index contributed by atoms with van der Waals surface area (Å²) in [5.41, 5.74) is 2.01. The van der Waals surface area contributed by atoms with Gasteiger partial charge in [-0.05, 0) is 19.8 Å². The van der Waals surface area contributed by atoms with Crippen molar-refractivity contribution in [1.29, 1.82) is 0 Å². The highest BCUT2D eigenvalue weighted by Gasteiger charge is 2.44. The van der Waals surface area contributed by atoms with E-state index in [1.165, 1.54) is 0 Å². The lowest BCUT2D eigenvalue weighted by Gasteiger charge is -2.40. The third-order valence-corrected chi connectivity index (χ3v) is 6.57. The van der Waals surface area contributed by atoms with Gasteiger partial charge in [-0.1, -0.05) is 0 Å². The number of amides is 1. The van der Waals surface area contributed by atoms with Crippen LogP contribution in [-0.2, 0) is 21.3 Å². The van der Waals surface area contributed by atoms with Crippen molar-refractivity contribution in [2.45, 2.75) is 38.0 Å². The number of amidine groups is 1. The zero-order chi connectivity index (χ0) is 21.5. The molecule has 1 aromatic heterocycles. The molecule has 4 aliphatic rings. The first-order chi connectivity index (χ1) is 15.0. The number of carbonyl (C=O) groups excluding carboxylic acids is 1. The predicted molar refractivity (Wildman–Crippen MR) is 115 cm³/mol. The van der Waals surface area contributed by atoms with Gasteiger partial charge in [0.05, 0.1) is 25.1 Å². The van der Waals surface area contributed by atoms with Gasteiger partial charge in [0.25, 0.3) is 5.91 Å². The van der Waals surface area contributed by atoms with Gasteiger partial charge in [0.1, 0.15) is 18.0 Å². The number of guanidine groups is 1. The summed E-state index contributed by atoms with van der Waals surface area (Å²) < 4.78 is 13.3. The zero-order valence-electron chi connectivity index (χ0n) is 18.3. The Hall–Kier alpha value is -2.59. The summed E-state index contributed by atoms with van der Waals surface area (Å²) in [7, 11) is 3.66. The van der Waals surface area contributed by atoms with Gasteiger partial charge in [0.2, 0.25) is 5.96 Å². The van der Waals surface area contributed by atoms with Gasteiger partial charge in [0, 0.05) is 51.5 Å². The van der Waals surface area contributed by atoms with Crippen molar-refractivity contribution in [2.24, 2.45) is 27.9 Å². The minimum Gasteiger partial charge on any atom is -0.381 e. The number of aliphatic imine (C=N–C) groups is 3. The number of rotatable bonds is 2. The summed E-state index contributed by atoms with van der Waals surface area (Å²) in [6.07, 6.45) is 5.50. The molecule has 0 aromatic carbocycles. The summed E-state index contributed by atoms with van der Waals surface area (Å²) >= 11 is 0. The molecule has 31 heavy (non-hydrogen) atoms. The maximum absolute atomic E-state index is 13.1. The molecule has 0 N–H and O–H groups in total. The fourth-order valence-electron chi connectivity index (χ4n) is 4.66. The lowest BCUT2D eigenvalue weighted by molar-refractivity contribution is -0.128. The third kappa shape index (κ3) is 3.78. The van der Waals surface area contributed by atoms with Crippen LogP contribution in [0.4, 0.5) is 0 Å². The number of aryl methyl sites for hydroxylation is 1. The highest BCUT2D eigenvalue weighted by atomic mass is 16.5. The molecule has 0 bridgehead atoms. The summed E-state index contributed by atoms with van der Waals surface area (Å²) in [6, 6.07) is -0.871. The number of nitrogens with zero attached hydrogens (tertiary/aromatic N) is 7. The SMILES string of the molecule is CC1=NC2C(C3CCOCC3)=NC(N3CCO[C@@H](c4cnn(C)c4)C3)=NC2C(=O)N1C. The summed E-state index contributed by atoms with van der Waals surface area (Å²) in [4.78, 5) is 31.5. The highest BCUT2D eigenvalue weighted by molar-refractivity contribution is 6.12. The van der Waals surface area contributed by atoms with Gasteiger partial charge in [-0.3, -0.25) is 14.5 Å². The van der Waals surface area contributed by atoms with Crippen LogP contribution in [-0.4, -0.2) is 95.0 Å². The van der Waals surface area contributed by atoms with Crippen LogP contribution in [0.1, 0.15) is 31.4 Å². The van der Waals surface area contributed by atoms with Crippen LogP contribution in [0.5, 0.6) is 0 Å². The van der Waals surface area contributed by atoms with E-state index >= 15 is 0 Å². The number of hydrogen-bond acceptors (Lipinski definition) is 8. The lowest BCUT2D eigenvalue weighted by Crippen LogP contribution is -2.56. The summed E-state index contributed by atoms with van der Waals surface area (Å²) in [6.45, 7) is 5.17. The van der Waals surface area contributed by atoms with Crippen molar-refractivity contribution in [3.63, 3.8) is 0 Å². The number of ether oxygens (including phenoxy) is 2. The molecule has 0 radical (unpaired) electrons. The fraction of sp³-hybridized carbons (Fsp3) is 0.667. The smallest absolute Gasteiger partial charge is 0.255 e. The predicted octanol–water partition coefficient (Wildman–Crippen LogP) is 0.658. The third-order valence-electron chi connectivity index (χ3n) is 6.57. The first-order valence-corrected chi connectivity index (χ1v) is 10.9. The van der Waals surface area contributed by atoms with Crippen LogP contribution in [0, 0.1) is 5.92 Å². The Balaban J connectivity index is 1.47. The average Bonchev–Trinajstić information content (AvgIpc) is 3.24. The molecule has 0 saturated carbocycles. The quantitative estimate of drug-likeness (QED) is 0.691. The number of morpholine rings is 1. The van der Waals surface area contributed by atoms with E-state index in [2.05, 4.69) is 10.00 Å². The number of likely N-dealkylation sites (N-methyl/N-ethyl adjacent to an activating group) is 1. The van der Waals surface area contributed by atoms with Crippen molar-refractivity contribution >= 4 is 23.4 Å². The molecular weight excluding hydrogens is 398 g/mol. The van der Waals surface area contributed by atoms with Crippen LogP contribution in [0.2, 0.25) is 0 Å².